The minimum atomic E-state index is -0.521. The number of pyridine rings is 1. The number of ether oxygens (including phenoxy) is 1. The molecule has 8 nitrogen and oxygen atoms in total. The van der Waals surface area contributed by atoms with E-state index in [2.05, 4.69) is 16.8 Å². The maximum Gasteiger partial charge on any atom is 0.410 e. The van der Waals surface area contributed by atoms with Gasteiger partial charge in [-0.05, 0) is 56.5 Å². The number of nitro groups is 1. The van der Waals surface area contributed by atoms with E-state index in [1.54, 1.807) is 18.0 Å². The van der Waals surface area contributed by atoms with Gasteiger partial charge in [0.2, 0.25) is 0 Å². The predicted molar refractivity (Wildman–Crippen MR) is 94.7 cm³/mol. The van der Waals surface area contributed by atoms with Crippen LogP contribution in [0.25, 0.3) is 0 Å². The fourth-order valence-corrected chi connectivity index (χ4v) is 2.81. The zero-order chi connectivity index (χ0) is 18.8. The van der Waals surface area contributed by atoms with Crippen LogP contribution in [-0.2, 0) is 4.74 Å². The summed E-state index contributed by atoms with van der Waals surface area (Å²) in [6, 6.07) is 3.13. The molecule has 0 radical (unpaired) electrons. The second kappa shape index (κ2) is 6.85. The highest BCUT2D eigenvalue weighted by Gasteiger charge is 2.38. The molecule has 25 heavy (non-hydrogen) atoms. The Labute approximate surface area is 147 Å². The molecular weight excluding hydrogens is 324 g/mol. The molecule has 1 aromatic heterocycles. The van der Waals surface area contributed by atoms with Crippen LogP contribution in [0.2, 0.25) is 0 Å². The lowest BCUT2D eigenvalue weighted by atomic mass is 9.88. The van der Waals surface area contributed by atoms with Gasteiger partial charge < -0.3 is 24.7 Å². The number of anilines is 1. The Morgan fingerprint density at radius 1 is 1.36 bits per heavy atom. The molecule has 2 rings (SSSR count). The van der Waals surface area contributed by atoms with Crippen LogP contribution in [0.4, 0.5) is 16.3 Å². The van der Waals surface area contributed by atoms with Crippen molar-refractivity contribution in [2.45, 2.75) is 51.7 Å². The zero-order valence-corrected chi connectivity index (χ0v) is 15.5. The Balaban J connectivity index is 1.99. The monoisotopic (exact) mass is 350 g/mol. The fourth-order valence-electron chi connectivity index (χ4n) is 2.81. The van der Waals surface area contributed by atoms with Crippen molar-refractivity contribution < 1.29 is 14.5 Å². The topological polar surface area (TPSA) is 88.8 Å². The fraction of sp³-hybridized carbons (Fsp3) is 0.647. The molecule has 0 atom stereocenters. The van der Waals surface area contributed by atoms with Crippen molar-refractivity contribution in [3.05, 3.63) is 28.4 Å². The van der Waals surface area contributed by atoms with E-state index >= 15 is 0 Å². The third-order valence-electron chi connectivity index (χ3n) is 4.60. The van der Waals surface area contributed by atoms with Crippen LogP contribution in [0.5, 0.6) is 0 Å². The Bertz CT molecular complexity index is 631. The summed E-state index contributed by atoms with van der Waals surface area (Å²) in [4.78, 5) is 30.2. The van der Waals surface area contributed by atoms with E-state index in [0.717, 1.165) is 31.6 Å². The molecule has 8 heteroatoms. The molecule has 1 aliphatic rings. The molecule has 0 aromatic carbocycles. The van der Waals surface area contributed by atoms with Crippen LogP contribution in [-0.4, -0.2) is 52.2 Å². The van der Waals surface area contributed by atoms with Gasteiger partial charge in [0.05, 0.1) is 5.69 Å². The number of carbonyl (C=O) groups is 1. The maximum absolute atomic E-state index is 12.3. The molecule has 1 amide bonds. The summed E-state index contributed by atoms with van der Waals surface area (Å²) in [5.41, 5.74) is 0.0485. The molecule has 0 bridgehead atoms. The standard InChI is InChI=1S/C17H26N4O4/c1-16(2,3)25-15(22)19(5)17(4)8-10-20(11-9-17)13-6-7-14(18-12-13)21(23)24/h6-7,12H,8-11H2,1-5H3. The van der Waals surface area contributed by atoms with Crippen molar-refractivity contribution in [3.63, 3.8) is 0 Å². The van der Waals surface area contributed by atoms with Crippen molar-refractivity contribution >= 4 is 17.6 Å². The van der Waals surface area contributed by atoms with Gasteiger partial charge >= 0.3 is 11.9 Å². The Morgan fingerprint density at radius 3 is 2.40 bits per heavy atom. The summed E-state index contributed by atoms with van der Waals surface area (Å²) >= 11 is 0. The second-order valence-electron chi connectivity index (χ2n) is 7.66. The van der Waals surface area contributed by atoms with Crippen molar-refractivity contribution in [2.75, 3.05) is 25.0 Å². The number of carbonyl (C=O) groups excluding carboxylic acids is 1. The molecule has 0 N–H and O–H groups in total. The largest absolute Gasteiger partial charge is 0.444 e. The van der Waals surface area contributed by atoms with Gasteiger partial charge in [-0.1, -0.05) is 0 Å². The van der Waals surface area contributed by atoms with Crippen LogP contribution in [0.3, 0.4) is 0 Å². The lowest BCUT2D eigenvalue weighted by molar-refractivity contribution is -0.389. The van der Waals surface area contributed by atoms with Crippen molar-refractivity contribution in [2.24, 2.45) is 0 Å². The molecule has 1 saturated heterocycles. The average Bonchev–Trinajstić information content (AvgIpc) is 2.53. The normalized spacial score (nSPS) is 17.1. The van der Waals surface area contributed by atoms with E-state index in [1.165, 1.54) is 12.3 Å². The van der Waals surface area contributed by atoms with Crippen molar-refractivity contribution in [1.82, 2.24) is 9.88 Å². The van der Waals surface area contributed by atoms with Crippen LogP contribution in [0.15, 0.2) is 18.3 Å². The van der Waals surface area contributed by atoms with Gasteiger partial charge in [0.1, 0.15) is 5.60 Å². The minimum absolute atomic E-state index is 0.157. The van der Waals surface area contributed by atoms with E-state index < -0.39 is 10.5 Å². The summed E-state index contributed by atoms with van der Waals surface area (Å²) in [6.07, 6.45) is 2.76. The third kappa shape index (κ3) is 4.58. The summed E-state index contributed by atoms with van der Waals surface area (Å²) < 4.78 is 5.46. The maximum atomic E-state index is 12.3. The highest BCUT2D eigenvalue weighted by molar-refractivity contribution is 5.69. The summed E-state index contributed by atoms with van der Waals surface area (Å²) in [7, 11) is 1.77. The van der Waals surface area contributed by atoms with Crippen molar-refractivity contribution in [3.8, 4) is 0 Å². The van der Waals surface area contributed by atoms with E-state index in [0.29, 0.717) is 0 Å². The van der Waals surface area contributed by atoms with Gasteiger partial charge in [0, 0.05) is 31.7 Å². The van der Waals surface area contributed by atoms with Gasteiger partial charge in [0.25, 0.3) is 0 Å². The molecule has 0 saturated carbocycles. The Morgan fingerprint density at radius 2 is 1.96 bits per heavy atom. The lowest BCUT2D eigenvalue weighted by Gasteiger charge is -2.45. The average molecular weight is 350 g/mol. The van der Waals surface area contributed by atoms with E-state index in [1.807, 2.05) is 20.8 Å². The van der Waals surface area contributed by atoms with E-state index in [-0.39, 0.29) is 17.5 Å². The number of aromatic nitrogens is 1. The summed E-state index contributed by atoms with van der Waals surface area (Å²) in [6.45, 7) is 9.09. The van der Waals surface area contributed by atoms with Crippen LogP contribution in [0, 0.1) is 10.1 Å². The first-order valence-corrected chi connectivity index (χ1v) is 8.34. The first-order valence-electron chi connectivity index (χ1n) is 8.34. The zero-order valence-electron chi connectivity index (χ0n) is 15.5. The molecule has 0 unspecified atom stereocenters. The second-order valence-corrected chi connectivity index (χ2v) is 7.66. The molecule has 1 aromatic rings. The number of hydrogen-bond acceptors (Lipinski definition) is 6. The molecule has 0 spiro atoms. The lowest BCUT2D eigenvalue weighted by Crippen LogP contribution is -2.55. The molecule has 1 aliphatic heterocycles. The quantitative estimate of drug-likeness (QED) is 0.614. The number of nitrogens with zero attached hydrogens (tertiary/aromatic N) is 4. The van der Waals surface area contributed by atoms with E-state index in [9.17, 15) is 14.9 Å². The van der Waals surface area contributed by atoms with Gasteiger partial charge in [0.15, 0.2) is 6.20 Å². The number of piperidine rings is 1. The highest BCUT2D eigenvalue weighted by atomic mass is 16.6. The Kier molecular flexibility index (Phi) is 5.20. The number of rotatable bonds is 3. The first-order chi connectivity index (χ1) is 11.5. The third-order valence-corrected chi connectivity index (χ3v) is 4.60. The molecule has 138 valence electrons. The summed E-state index contributed by atoms with van der Waals surface area (Å²) in [5.74, 6) is -0.157. The van der Waals surface area contributed by atoms with Crippen LogP contribution in [0.1, 0.15) is 40.5 Å². The van der Waals surface area contributed by atoms with Crippen LogP contribution < -0.4 is 4.90 Å². The number of hydrogen-bond donors (Lipinski definition) is 0. The molecule has 0 aliphatic carbocycles. The highest BCUT2D eigenvalue weighted by Crippen LogP contribution is 2.31. The SMILES string of the molecule is CN(C(=O)OC(C)(C)C)C1(C)CCN(c2ccc([N+](=O)[O-])nc2)CC1. The van der Waals surface area contributed by atoms with E-state index in [4.69, 9.17) is 4.74 Å². The number of amides is 1. The Hall–Kier alpha value is -2.38. The van der Waals surface area contributed by atoms with Crippen molar-refractivity contribution in [1.29, 1.82) is 0 Å². The first kappa shape index (κ1) is 19.0. The minimum Gasteiger partial charge on any atom is -0.444 e. The van der Waals surface area contributed by atoms with Gasteiger partial charge in [-0.2, -0.15) is 0 Å². The van der Waals surface area contributed by atoms with Gasteiger partial charge in [-0.25, -0.2) is 4.79 Å². The molecule has 1 fully saturated rings. The molecular formula is C17H26N4O4. The van der Waals surface area contributed by atoms with Crippen LogP contribution >= 0.6 is 0 Å². The molecule has 2 heterocycles. The predicted octanol–water partition coefficient (Wildman–Crippen LogP) is 3.22. The van der Waals surface area contributed by atoms with Gasteiger partial charge in [-0.15, -0.1) is 0 Å². The summed E-state index contributed by atoms with van der Waals surface area (Å²) in [5, 5.41) is 10.7. The van der Waals surface area contributed by atoms with Gasteiger partial charge in [-0.3, -0.25) is 0 Å². The smallest absolute Gasteiger partial charge is 0.410 e.